The van der Waals surface area contributed by atoms with Crippen molar-refractivity contribution in [3.63, 3.8) is 0 Å². The van der Waals surface area contributed by atoms with Gasteiger partial charge in [-0.15, -0.1) is 0 Å². The molecule has 0 aliphatic carbocycles. The number of anilines is 4. The van der Waals surface area contributed by atoms with Crippen LogP contribution in [0.2, 0.25) is 10.0 Å². The van der Waals surface area contributed by atoms with Gasteiger partial charge < -0.3 is 30.7 Å². The molecule has 4 N–H and O–H groups in total. The Bertz CT molecular complexity index is 1060. The predicted molar refractivity (Wildman–Crippen MR) is 142 cm³/mol. The maximum atomic E-state index is 6.44. The van der Waals surface area contributed by atoms with Gasteiger partial charge in [-0.25, -0.2) is 0 Å². The topological polar surface area (TPSA) is 66.6 Å². The van der Waals surface area contributed by atoms with Crippen LogP contribution in [-0.2, 0) is 0 Å². The molecular formula is C22H20Cl2N4O2S2. The van der Waals surface area contributed by atoms with Crippen LogP contribution in [0.5, 0.6) is 11.5 Å². The summed E-state index contributed by atoms with van der Waals surface area (Å²) in [5.41, 5.74) is 2.53. The summed E-state index contributed by atoms with van der Waals surface area (Å²) in [5.74, 6) is 1.33. The van der Waals surface area contributed by atoms with Gasteiger partial charge in [-0.1, -0.05) is 47.5 Å². The molecule has 0 aliphatic rings. The van der Waals surface area contributed by atoms with Crippen molar-refractivity contribution in [1.29, 1.82) is 0 Å². The van der Waals surface area contributed by atoms with E-state index in [1.807, 2.05) is 48.5 Å². The van der Waals surface area contributed by atoms with Crippen molar-refractivity contribution >= 4 is 80.6 Å². The van der Waals surface area contributed by atoms with E-state index in [1.165, 1.54) is 0 Å². The van der Waals surface area contributed by atoms with Gasteiger partial charge in [0.1, 0.15) is 11.5 Å². The van der Waals surface area contributed by atoms with Crippen molar-refractivity contribution in [3.8, 4) is 11.5 Å². The van der Waals surface area contributed by atoms with Crippen LogP contribution in [0, 0.1) is 0 Å². The molecular weight excluding hydrogens is 487 g/mol. The number of benzene rings is 3. The van der Waals surface area contributed by atoms with Crippen molar-refractivity contribution in [1.82, 2.24) is 0 Å². The lowest BCUT2D eigenvalue weighted by molar-refractivity contribution is 0.417. The maximum absolute atomic E-state index is 6.44. The molecule has 0 heterocycles. The van der Waals surface area contributed by atoms with Crippen LogP contribution < -0.4 is 30.7 Å². The number of methoxy groups -OCH3 is 2. The Balaban J connectivity index is 1.68. The van der Waals surface area contributed by atoms with Crippen LogP contribution in [-0.4, -0.2) is 24.4 Å². The molecule has 166 valence electrons. The predicted octanol–water partition coefficient (Wildman–Crippen LogP) is 6.63. The minimum Gasteiger partial charge on any atom is -0.495 e. The smallest absolute Gasteiger partial charge is 0.175 e. The molecule has 0 aromatic heterocycles. The van der Waals surface area contributed by atoms with Gasteiger partial charge in [0, 0.05) is 0 Å². The summed E-state index contributed by atoms with van der Waals surface area (Å²) in [6.07, 6.45) is 0. The van der Waals surface area contributed by atoms with Gasteiger partial charge >= 0.3 is 0 Å². The SMILES string of the molecule is COc1ccccc1NC(=S)Nc1cc(Cl)c(NC(=S)Nc2ccccc2OC)cc1Cl. The fourth-order valence-corrected chi connectivity index (χ4v) is 3.65. The standard InChI is InChI=1S/C22H20Cl2N4O2S2/c1-29-19-9-5-3-7-15(19)25-21(31)27-17-11-14(24)18(12-13(17)23)28-22(32)26-16-8-4-6-10-20(16)30-2/h3-12H,1-2H3,(H2,25,27,31)(H2,26,28,32). The number of rotatable bonds is 6. The Morgan fingerprint density at radius 1 is 0.625 bits per heavy atom. The molecule has 0 fully saturated rings. The van der Waals surface area contributed by atoms with E-state index in [4.69, 9.17) is 57.1 Å². The molecule has 0 saturated carbocycles. The summed E-state index contributed by atoms with van der Waals surface area (Å²) in [6, 6.07) is 18.2. The number of hydrogen-bond donors (Lipinski definition) is 4. The summed E-state index contributed by atoms with van der Waals surface area (Å²) in [5, 5.41) is 13.7. The van der Waals surface area contributed by atoms with Gasteiger partial charge in [-0.05, 0) is 60.8 Å². The van der Waals surface area contributed by atoms with E-state index in [1.54, 1.807) is 26.4 Å². The summed E-state index contributed by atoms with van der Waals surface area (Å²) < 4.78 is 10.6. The van der Waals surface area contributed by atoms with Crippen molar-refractivity contribution in [3.05, 3.63) is 70.7 Å². The second-order valence-electron chi connectivity index (χ2n) is 6.37. The molecule has 0 radical (unpaired) electrons. The highest BCUT2D eigenvalue weighted by atomic mass is 35.5. The Morgan fingerprint density at radius 3 is 1.34 bits per heavy atom. The lowest BCUT2D eigenvalue weighted by atomic mass is 10.2. The van der Waals surface area contributed by atoms with Crippen LogP contribution in [0.25, 0.3) is 0 Å². The summed E-state index contributed by atoms with van der Waals surface area (Å²) >= 11 is 23.7. The number of nitrogens with one attached hydrogen (secondary N) is 4. The van der Waals surface area contributed by atoms with Gasteiger partial charge in [0.15, 0.2) is 10.2 Å². The molecule has 32 heavy (non-hydrogen) atoms. The van der Waals surface area contributed by atoms with E-state index in [2.05, 4.69) is 21.3 Å². The normalized spacial score (nSPS) is 10.1. The summed E-state index contributed by atoms with van der Waals surface area (Å²) in [4.78, 5) is 0. The molecule has 0 aliphatic heterocycles. The maximum Gasteiger partial charge on any atom is 0.175 e. The van der Waals surface area contributed by atoms with Gasteiger partial charge in [0.25, 0.3) is 0 Å². The van der Waals surface area contributed by atoms with Crippen LogP contribution in [0.1, 0.15) is 0 Å². The number of halogens is 2. The monoisotopic (exact) mass is 506 g/mol. The van der Waals surface area contributed by atoms with E-state index in [0.29, 0.717) is 43.1 Å². The molecule has 10 heteroatoms. The molecule has 0 saturated heterocycles. The molecule has 0 spiro atoms. The fraction of sp³-hybridized carbons (Fsp3) is 0.0909. The van der Waals surface area contributed by atoms with Crippen molar-refractivity contribution in [2.24, 2.45) is 0 Å². The summed E-state index contributed by atoms with van der Waals surface area (Å²) in [7, 11) is 3.18. The highest BCUT2D eigenvalue weighted by Gasteiger charge is 2.12. The highest BCUT2D eigenvalue weighted by molar-refractivity contribution is 7.81. The van der Waals surface area contributed by atoms with Gasteiger partial charge in [0.2, 0.25) is 0 Å². The first-order valence-corrected chi connectivity index (χ1v) is 10.9. The average molecular weight is 507 g/mol. The molecule has 0 amide bonds. The third-order valence-corrected chi connectivity index (χ3v) is 5.30. The fourth-order valence-electron chi connectivity index (χ4n) is 2.79. The minimum absolute atomic E-state index is 0.335. The third kappa shape index (κ3) is 6.14. The average Bonchev–Trinajstić information content (AvgIpc) is 2.77. The quantitative estimate of drug-likeness (QED) is 0.278. The molecule has 6 nitrogen and oxygen atoms in total. The number of thiocarbonyl (C=S) groups is 2. The zero-order chi connectivity index (χ0) is 23.1. The lowest BCUT2D eigenvalue weighted by Crippen LogP contribution is -2.21. The number of para-hydroxylation sites is 4. The number of ether oxygens (including phenoxy) is 2. The molecule has 0 atom stereocenters. The van der Waals surface area contributed by atoms with Gasteiger partial charge in [0.05, 0.1) is 47.0 Å². The molecule has 0 bridgehead atoms. The Labute approximate surface area is 207 Å². The van der Waals surface area contributed by atoms with E-state index >= 15 is 0 Å². The van der Waals surface area contributed by atoms with Gasteiger partial charge in [-0.3, -0.25) is 0 Å². The van der Waals surface area contributed by atoms with Crippen LogP contribution >= 0.6 is 47.6 Å². The van der Waals surface area contributed by atoms with Crippen molar-refractivity contribution < 1.29 is 9.47 Å². The zero-order valence-corrected chi connectivity index (χ0v) is 20.3. The molecule has 0 unspecified atom stereocenters. The van der Waals surface area contributed by atoms with Crippen molar-refractivity contribution in [2.75, 3.05) is 35.5 Å². The first-order valence-electron chi connectivity index (χ1n) is 9.32. The minimum atomic E-state index is 0.335. The van der Waals surface area contributed by atoms with E-state index in [-0.39, 0.29) is 0 Å². The first kappa shape index (κ1) is 23.9. The van der Waals surface area contributed by atoms with E-state index < -0.39 is 0 Å². The molecule has 3 aromatic rings. The van der Waals surface area contributed by atoms with E-state index in [0.717, 1.165) is 11.4 Å². The van der Waals surface area contributed by atoms with Crippen LogP contribution in [0.15, 0.2) is 60.7 Å². The Kier molecular flexibility index (Phi) is 8.35. The first-order chi connectivity index (χ1) is 15.4. The Morgan fingerprint density at radius 2 is 0.969 bits per heavy atom. The molecule has 3 aromatic carbocycles. The third-order valence-electron chi connectivity index (χ3n) is 4.26. The Hall–Kier alpha value is -2.78. The van der Waals surface area contributed by atoms with Crippen LogP contribution in [0.4, 0.5) is 22.7 Å². The van der Waals surface area contributed by atoms with E-state index in [9.17, 15) is 0 Å². The van der Waals surface area contributed by atoms with Gasteiger partial charge in [-0.2, -0.15) is 0 Å². The van der Waals surface area contributed by atoms with Crippen molar-refractivity contribution in [2.45, 2.75) is 0 Å². The molecule has 3 rings (SSSR count). The van der Waals surface area contributed by atoms with Crippen LogP contribution in [0.3, 0.4) is 0 Å². The second-order valence-corrected chi connectivity index (χ2v) is 8.00. The lowest BCUT2D eigenvalue weighted by Gasteiger charge is -2.17. The second kappa shape index (κ2) is 11.2. The number of hydrogen-bond acceptors (Lipinski definition) is 4. The highest BCUT2D eigenvalue weighted by Crippen LogP contribution is 2.33. The largest absolute Gasteiger partial charge is 0.495 e. The summed E-state index contributed by atoms with van der Waals surface area (Å²) in [6.45, 7) is 0. The zero-order valence-electron chi connectivity index (χ0n) is 17.2.